The van der Waals surface area contributed by atoms with Crippen LogP contribution in [0.3, 0.4) is 0 Å². The lowest BCUT2D eigenvalue weighted by atomic mass is 10.1. The molecule has 0 aliphatic rings. The molecule has 0 saturated carbocycles. The van der Waals surface area contributed by atoms with Gasteiger partial charge in [0.25, 0.3) is 0 Å². The number of carbonyl (C=O) groups is 2. The summed E-state index contributed by atoms with van der Waals surface area (Å²) in [6.45, 7) is 10.3. The number of halogens is 2. The monoisotopic (exact) mass is 541 g/mol. The molecule has 10 heteroatoms. The van der Waals surface area contributed by atoms with Crippen LogP contribution in [0.25, 0.3) is 0 Å². The summed E-state index contributed by atoms with van der Waals surface area (Å²) in [6, 6.07) is 9.29. The van der Waals surface area contributed by atoms with Crippen LogP contribution in [0.2, 0.25) is 10.0 Å². The number of carbonyl (C=O) groups excluding carboxylic acids is 2. The summed E-state index contributed by atoms with van der Waals surface area (Å²) in [6.07, 6.45) is 1.05. The Labute approximate surface area is 218 Å². The Hall–Kier alpha value is -2.29. The maximum atomic E-state index is 13.6. The molecule has 0 aliphatic heterocycles. The standard InChI is InChI=1S/C25H33Cl2N3O4S/c1-16-8-11-22(17(2)12-16)30(35(7,33)34)15-23(31)29(18(3)24(32)28-25(4,5)6)14-19-9-10-20(26)13-21(19)27/h8-13,18H,14-15H2,1-7H3,(H,28,32)/t18-/m1/s1. The molecule has 0 bridgehead atoms. The number of nitrogens with one attached hydrogen (secondary N) is 1. The lowest BCUT2D eigenvalue weighted by Gasteiger charge is -2.33. The Balaban J connectivity index is 2.47. The molecule has 0 fully saturated rings. The van der Waals surface area contributed by atoms with E-state index in [1.807, 2.05) is 33.8 Å². The van der Waals surface area contributed by atoms with Crippen molar-refractivity contribution in [3.63, 3.8) is 0 Å². The van der Waals surface area contributed by atoms with Crippen molar-refractivity contribution < 1.29 is 18.0 Å². The zero-order valence-corrected chi connectivity index (χ0v) is 23.5. The topological polar surface area (TPSA) is 86.8 Å². The Morgan fingerprint density at radius 2 is 1.69 bits per heavy atom. The third-order valence-corrected chi connectivity index (χ3v) is 7.03. The second-order valence-electron chi connectivity index (χ2n) is 9.73. The van der Waals surface area contributed by atoms with Gasteiger partial charge in [0, 0.05) is 22.1 Å². The molecule has 2 amide bonds. The van der Waals surface area contributed by atoms with E-state index in [0.29, 0.717) is 26.9 Å². The molecule has 0 spiro atoms. The van der Waals surface area contributed by atoms with Crippen molar-refractivity contribution >= 4 is 50.7 Å². The SMILES string of the molecule is Cc1ccc(N(CC(=O)N(Cc2ccc(Cl)cc2Cl)[C@H](C)C(=O)NC(C)(C)C)S(C)(=O)=O)c(C)c1. The first-order valence-corrected chi connectivity index (χ1v) is 13.7. The number of anilines is 1. The van der Waals surface area contributed by atoms with E-state index in [4.69, 9.17) is 23.2 Å². The van der Waals surface area contributed by atoms with Crippen molar-refractivity contribution in [1.82, 2.24) is 10.2 Å². The number of aryl methyl sites for hydroxylation is 2. The highest BCUT2D eigenvalue weighted by molar-refractivity contribution is 7.92. The Morgan fingerprint density at radius 3 is 2.20 bits per heavy atom. The van der Waals surface area contributed by atoms with Gasteiger partial charge in [0.05, 0.1) is 11.9 Å². The highest BCUT2D eigenvalue weighted by atomic mass is 35.5. The van der Waals surface area contributed by atoms with E-state index in [2.05, 4.69) is 5.32 Å². The largest absolute Gasteiger partial charge is 0.350 e. The van der Waals surface area contributed by atoms with Gasteiger partial charge in [-0.05, 0) is 70.9 Å². The van der Waals surface area contributed by atoms with Gasteiger partial charge in [-0.3, -0.25) is 13.9 Å². The van der Waals surface area contributed by atoms with Crippen LogP contribution in [-0.2, 0) is 26.2 Å². The molecular formula is C25H33Cl2N3O4S. The highest BCUT2D eigenvalue weighted by Gasteiger charge is 2.32. The Bertz CT molecular complexity index is 1210. The number of hydrogen-bond donors (Lipinski definition) is 1. The number of amides is 2. The summed E-state index contributed by atoms with van der Waals surface area (Å²) >= 11 is 12.4. The number of rotatable bonds is 8. The molecule has 0 aromatic heterocycles. The first-order chi connectivity index (χ1) is 16.0. The molecule has 1 atom stereocenters. The van der Waals surface area contributed by atoms with E-state index in [1.54, 1.807) is 44.2 Å². The van der Waals surface area contributed by atoms with Crippen LogP contribution in [-0.4, -0.2) is 49.5 Å². The van der Waals surface area contributed by atoms with Crippen LogP contribution < -0.4 is 9.62 Å². The predicted molar refractivity (Wildman–Crippen MR) is 142 cm³/mol. The minimum atomic E-state index is -3.80. The Kier molecular flexibility index (Phi) is 9.25. The molecule has 7 nitrogen and oxygen atoms in total. The second-order valence-corrected chi connectivity index (χ2v) is 12.5. The van der Waals surface area contributed by atoms with Crippen LogP contribution in [0.5, 0.6) is 0 Å². The average Bonchev–Trinajstić information content (AvgIpc) is 2.69. The molecule has 35 heavy (non-hydrogen) atoms. The fourth-order valence-corrected chi connectivity index (χ4v) is 4.95. The van der Waals surface area contributed by atoms with Crippen molar-refractivity contribution in [2.75, 3.05) is 17.1 Å². The fourth-order valence-electron chi connectivity index (χ4n) is 3.57. The number of hydrogen-bond acceptors (Lipinski definition) is 4. The second kappa shape index (κ2) is 11.2. The van der Waals surface area contributed by atoms with Crippen molar-refractivity contribution in [2.24, 2.45) is 0 Å². The summed E-state index contributed by atoms with van der Waals surface area (Å²) in [4.78, 5) is 27.9. The third kappa shape index (κ3) is 8.12. The summed E-state index contributed by atoms with van der Waals surface area (Å²) in [5.74, 6) is -0.911. The molecule has 2 aromatic rings. The molecule has 0 heterocycles. The quantitative estimate of drug-likeness (QED) is 0.524. The van der Waals surface area contributed by atoms with Crippen molar-refractivity contribution in [1.29, 1.82) is 0 Å². The molecule has 0 radical (unpaired) electrons. The predicted octanol–water partition coefficient (Wildman–Crippen LogP) is 4.71. The molecule has 0 aliphatic carbocycles. The van der Waals surface area contributed by atoms with Crippen LogP contribution in [0, 0.1) is 13.8 Å². The number of nitrogens with zero attached hydrogens (tertiary/aromatic N) is 2. The fraction of sp³-hybridized carbons (Fsp3) is 0.440. The average molecular weight is 543 g/mol. The van der Waals surface area contributed by atoms with Crippen LogP contribution >= 0.6 is 23.2 Å². The van der Waals surface area contributed by atoms with Crippen LogP contribution in [0.1, 0.15) is 44.4 Å². The summed E-state index contributed by atoms with van der Waals surface area (Å²) in [5, 5.41) is 3.65. The number of sulfonamides is 1. The van der Waals surface area contributed by atoms with Gasteiger partial charge in [-0.25, -0.2) is 8.42 Å². The minimum Gasteiger partial charge on any atom is -0.350 e. The lowest BCUT2D eigenvalue weighted by Crippen LogP contribution is -2.54. The first-order valence-electron chi connectivity index (χ1n) is 11.1. The van der Waals surface area contributed by atoms with Gasteiger partial charge >= 0.3 is 0 Å². The zero-order valence-electron chi connectivity index (χ0n) is 21.1. The lowest BCUT2D eigenvalue weighted by molar-refractivity contribution is -0.140. The van der Waals surface area contributed by atoms with E-state index in [1.165, 1.54) is 4.90 Å². The van der Waals surface area contributed by atoms with Gasteiger partial charge in [0.15, 0.2) is 0 Å². The molecule has 2 aromatic carbocycles. The minimum absolute atomic E-state index is 0.00194. The smallest absolute Gasteiger partial charge is 0.244 e. The van der Waals surface area contributed by atoms with E-state index >= 15 is 0 Å². The highest BCUT2D eigenvalue weighted by Crippen LogP contribution is 2.26. The van der Waals surface area contributed by atoms with Gasteiger partial charge < -0.3 is 10.2 Å². The molecule has 1 N–H and O–H groups in total. The van der Waals surface area contributed by atoms with Gasteiger partial charge in [-0.15, -0.1) is 0 Å². The molecule has 192 valence electrons. The third-order valence-electron chi connectivity index (χ3n) is 5.32. The normalized spacial score (nSPS) is 12.7. The van der Waals surface area contributed by atoms with E-state index in [9.17, 15) is 18.0 Å². The van der Waals surface area contributed by atoms with Crippen LogP contribution in [0.15, 0.2) is 36.4 Å². The van der Waals surface area contributed by atoms with Gasteiger partial charge in [-0.1, -0.05) is 47.0 Å². The number of benzene rings is 2. The summed E-state index contributed by atoms with van der Waals surface area (Å²) < 4.78 is 26.5. The van der Waals surface area contributed by atoms with Crippen molar-refractivity contribution in [3.8, 4) is 0 Å². The van der Waals surface area contributed by atoms with E-state index in [0.717, 1.165) is 16.1 Å². The zero-order chi connectivity index (χ0) is 26.7. The van der Waals surface area contributed by atoms with Crippen molar-refractivity contribution in [3.05, 3.63) is 63.1 Å². The summed E-state index contributed by atoms with van der Waals surface area (Å²) in [5.41, 5.74) is 2.15. The van der Waals surface area contributed by atoms with E-state index in [-0.39, 0.29) is 12.5 Å². The van der Waals surface area contributed by atoms with Gasteiger partial charge in [-0.2, -0.15) is 0 Å². The molecular weight excluding hydrogens is 509 g/mol. The van der Waals surface area contributed by atoms with E-state index < -0.39 is 34.1 Å². The molecule has 0 unspecified atom stereocenters. The maximum absolute atomic E-state index is 13.6. The maximum Gasteiger partial charge on any atom is 0.244 e. The van der Waals surface area contributed by atoms with Crippen molar-refractivity contribution in [2.45, 2.75) is 59.7 Å². The Morgan fingerprint density at radius 1 is 1.06 bits per heavy atom. The molecule has 0 saturated heterocycles. The first kappa shape index (κ1) is 28.9. The van der Waals surface area contributed by atoms with Gasteiger partial charge in [0.1, 0.15) is 12.6 Å². The molecule has 2 rings (SSSR count). The van der Waals surface area contributed by atoms with Crippen LogP contribution in [0.4, 0.5) is 5.69 Å². The van der Waals surface area contributed by atoms with Gasteiger partial charge in [0.2, 0.25) is 21.8 Å². The summed E-state index contributed by atoms with van der Waals surface area (Å²) in [7, 11) is -3.80.